The van der Waals surface area contributed by atoms with Crippen molar-refractivity contribution in [1.82, 2.24) is 0 Å². The molecular weight excluding hydrogens is 396 g/mol. The molecule has 1 unspecified atom stereocenters. The Labute approximate surface area is 182 Å². The molecule has 1 heterocycles. The van der Waals surface area contributed by atoms with Crippen molar-refractivity contribution in [2.75, 3.05) is 0 Å². The number of allylic oxidation sites excluding steroid dienone is 1. The maximum absolute atomic E-state index is 10.9. The first-order valence-corrected chi connectivity index (χ1v) is 13.7. The van der Waals surface area contributed by atoms with Crippen LogP contribution < -0.4 is 0 Å². The normalized spacial score (nSPS) is 27.3. The van der Waals surface area contributed by atoms with Gasteiger partial charge in [-0.15, -0.1) is 0 Å². The summed E-state index contributed by atoms with van der Waals surface area (Å²) in [5.41, 5.74) is 1.06. The molecule has 0 radical (unpaired) electrons. The molecule has 0 aromatic heterocycles. The van der Waals surface area contributed by atoms with E-state index in [0.29, 0.717) is 6.61 Å². The molecule has 1 saturated heterocycles. The summed E-state index contributed by atoms with van der Waals surface area (Å²) in [6, 6.07) is 9.95. The SMILES string of the molecule is C[C@H](/C=C/C=O)[C@H](OCc1ccccc1)[C@@H]1OC(O)[C@H](C)[C@H]1O[Si](C)(C)C(C)(C)C. The Bertz CT molecular complexity index is 697. The standard InChI is InChI=1S/C24H38O5Si/c1-17(12-11-15-25)20(27-16-19-13-9-8-10-14-19)22-21(18(2)23(26)28-22)29-30(6,7)24(3,4)5/h8-15,17-18,20-23,26H,16H2,1-7H3/b12-11+/t17-,18-,20+,21-,22+,23?/m1/s1. The van der Waals surface area contributed by atoms with E-state index in [1.165, 1.54) is 6.08 Å². The fraction of sp³-hybridized carbons (Fsp3) is 0.625. The molecule has 0 bridgehead atoms. The highest BCUT2D eigenvalue weighted by Gasteiger charge is 2.51. The van der Waals surface area contributed by atoms with E-state index in [-0.39, 0.29) is 29.1 Å². The van der Waals surface area contributed by atoms with Crippen molar-refractivity contribution in [3.63, 3.8) is 0 Å². The van der Waals surface area contributed by atoms with E-state index in [9.17, 15) is 9.90 Å². The zero-order chi connectivity index (χ0) is 22.5. The van der Waals surface area contributed by atoms with Crippen LogP contribution in [-0.4, -0.2) is 44.3 Å². The Balaban J connectivity index is 2.30. The Morgan fingerprint density at radius 2 is 1.87 bits per heavy atom. The molecule has 168 valence electrons. The quantitative estimate of drug-likeness (QED) is 0.346. The molecule has 1 aromatic rings. The van der Waals surface area contributed by atoms with Crippen LogP contribution in [-0.2, 0) is 25.3 Å². The maximum Gasteiger partial charge on any atom is 0.192 e. The summed E-state index contributed by atoms with van der Waals surface area (Å²) in [6.07, 6.45) is 2.09. The number of hydrogen-bond donors (Lipinski definition) is 1. The third kappa shape index (κ3) is 6.11. The zero-order valence-electron chi connectivity index (χ0n) is 19.4. The highest BCUT2D eigenvalue weighted by atomic mass is 28.4. The summed E-state index contributed by atoms with van der Waals surface area (Å²) in [4.78, 5) is 10.9. The molecule has 0 saturated carbocycles. The highest BCUT2D eigenvalue weighted by molar-refractivity contribution is 6.74. The van der Waals surface area contributed by atoms with Gasteiger partial charge in [-0.05, 0) is 29.8 Å². The second kappa shape index (κ2) is 10.3. The van der Waals surface area contributed by atoms with Crippen molar-refractivity contribution in [3.8, 4) is 0 Å². The summed E-state index contributed by atoms with van der Waals surface area (Å²) in [7, 11) is -2.10. The van der Waals surface area contributed by atoms with Crippen molar-refractivity contribution < 1.29 is 23.8 Å². The smallest absolute Gasteiger partial charge is 0.192 e. The highest BCUT2D eigenvalue weighted by Crippen LogP contribution is 2.42. The number of hydrogen-bond acceptors (Lipinski definition) is 5. The Kier molecular flexibility index (Phi) is 8.59. The largest absolute Gasteiger partial charge is 0.411 e. The third-order valence-corrected chi connectivity index (χ3v) is 10.9. The number of aldehydes is 1. The predicted molar refractivity (Wildman–Crippen MR) is 122 cm³/mol. The Morgan fingerprint density at radius 3 is 2.43 bits per heavy atom. The molecule has 2 rings (SSSR count). The molecule has 1 aromatic carbocycles. The van der Waals surface area contributed by atoms with Crippen LogP contribution in [0.3, 0.4) is 0 Å². The third-order valence-electron chi connectivity index (χ3n) is 6.45. The van der Waals surface area contributed by atoms with Crippen molar-refractivity contribution in [2.24, 2.45) is 11.8 Å². The number of aliphatic hydroxyl groups excluding tert-OH is 1. The van der Waals surface area contributed by atoms with Gasteiger partial charge in [-0.25, -0.2) is 0 Å². The van der Waals surface area contributed by atoms with Gasteiger partial charge in [-0.3, -0.25) is 4.79 Å². The first kappa shape index (κ1) is 25.0. The van der Waals surface area contributed by atoms with Gasteiger partial charge < -0.3 is 19.0 Å². The van der Waals surface area contributed by atoms with Crippen molar-refractivity contribution in [3.05, 3.63) is 48.0 Å². The molecule has 0 amide bonds. The second-order valence-electron chi connectivity index (χ2n) is 9.83. The molecule has 30 heavy (non-hydrogen) atoms. The first-order chi connectivity index (χ1) is 14.0. The average Bonchev–Trinajstić information content (AvgIpc) is 2.94. The molecule has 6 heteroatoms. The van der Waals surface area contributed by atoms with Crippen LogP contribution in [0.4, 0.5) is 0 Å². The monoisotopic (exact) mass is 434 g/mol. The summed E-state index contributed by atoms with van der Waals surface area (Å²) in [6.45, 7) is 15.4. The number of carbonyl (C=O) groups excluding carboxylic acids is 1. The molecule has 0 spiro atoms. The van der Waals surface area contributed by atoms with Gasteiger partial charge in [0.1, 0.15) is 12.4 Å². The van der Waals surface area contributed by atoms with Crippen molar-refractivity contribution >= 4 is 14.6 Å². The summed E-state index contributed by atoms with van der Waals surface area (Å²) < 4.78 is 19.1. The molecule has 1 fully saturated rings. The minimum absolute atomic E-state index is 0.0360. The molecule has 1 N–H and O–H groups in total. The fourth-order valence-corrected chi connectivity index (χ4v) is 4.80. The zero-order valence-corrected chi connectivity index (χ0v) is 20.4. The van der Waals surface area contributed by atoms with E-state index >= 15 is 0 Å². The summed E-state index contributed by atoms with van der Waals surface area (Å²) in [5, 5.41) is 10.5. The van der Waals surface area contributed by atoms with Crippen LogP contribution in [0.25, 0.3) is 0 Å². The van der Waals surface area contributed by atoms with Gasteiger partial charge in [0.05, 0.1) is 18.8 Å². The first-order valence-electron chi connectivity index (χ1n) is 10.8. The van der Waals surface area contributed by atoms with Crippen LogP contribution >= 0.6 is 0 Å². The lowest BCUT2D eigenvalue weighted by Gasteiger charge is -2.41. The van der Waals surface area contributed by atoms with Crippen LogP contribution in [0.15, 0.2) is 42.5 Å². The van der Waals surface area contributed by atoms with Crippen LogP contribution in [0.2, 0.25) is 18.1 Å². The molecule has 1 aliphatic heterocycles. The lowest BCUT2D eigenvalue weighted by atomic mass is 9.92. The number of rotatable bonds is 9. The molecule has 6 atom stereocenters. The van der Waals surface area contributed by atoms with E-state index in [2.05, 4.69) is 33.9 Å². The number of aliphatic hydroxyl groups is 1. The minimum Gasteiger partial charge on any atom is -0.411 e. The van der Waals surface area contributed by atoms with E-state index < -0.39 is 20.7 Å². The van der Waals surface area contributed by atoms with Gasteiger partial charge >= 0.3 is 0 Å². The van der Waals surface area contributed by atoms with Crippen molar-refractivity contribution in [2.45, 2.75) is 84.0 Å². The van der Waals surface area contributed by atoms with Crippen molar-refractivity contribution in [1.29, 1.82) is 0 Å². The predicted octanol–water partition coefficient (Wildman–Crippen LogP) is 4.71. The topological polar surface area (TPSA) is 65.0 Å². The van der Waals surface area contributed by atoms with Crippen LogP contribution in [0, 0.1) is 11.8 Å². The van der Waals surface area contributed by atoms with Gasteiger partial charge in [0.2, 0.25) is 0 Å². The van der Waals surface area contributed by atoms with E-state index in [1.807, 2.05) is 50.3 Å². The van der Waals surface area contributed by atoms with Crippen LogP contribution in [0.1, 0.15) is 40.2 Å². The van der Waals surface area contributed by atoms with E-state index in [1.54, 1.807) is 0 Å². The lowest BCUT2D eigenvalue weighted by Crippen LogP contribution is -2.51. The van der Waals surface area contributed by atoms with E-state index in [4.69, 9.17) is 13.9 Å². The number of ether oxygens (including phenoxy) is 2. The van der Waals surface area contributed by atoms with Gasteiger partial charge in [0, 0.05) is 11.8 Å². The van der Waals surface area contributed by atoms with Gasteiger partial charge in [-0.1, -0.05) is 71.0 Å². The van der Waals surface area contributed by atoms with Gasteiger partial charge in [0.15, 0.2) is 14.6 Å². The maximum atomic E-state index is 10.9. The summed E-state index contributed by atoms with van der Waals surface area (Å²) in [5.74, 6) is -0.263. The number of carbonyl (C=O) groups is 1. The fourth-order valence-electron chi connectivity index (χ4n) is 3.42. The lowest BCUT2D eigenvalue weighted by molar-refractivity contribution is -0.156. The van der Waals surface area contributed by atoms with Crippen LogP contribution in [0.5, 0.6) is 0 Å². The molecular formula is C24H38O5Si. The Morgan fingerprint density at radius 1 is 1.23 bits per heavy atom. The number of benzene rings is 1. The minimum atomic E-state index is -2.10. The molecule has 0 aliphatic carbocycles. The van der Waals surface area contributed by atoms with Gasteiger partial charge in [-0.2, -0.15) is 0 Å². The molecule has 5 nitrogen and oxygen atoms in total. The van der Waals surface area contributed by atoms with E-state index in [0.717, 1.165) is 11.8 Å². The summed E-state index contributed by atoms with van der Waals surface area (Å²) >= 11 is 0. The van der Waals surface area contributed by atoms with Gasteiger partial charge in [0.25, 0.3) is 0 Å². The Hall–Kier alpha value is -1.31. The second-order valence-corrected chi connectivity index (χ2v) is 14.6. The molecule has 1 aliphatic rings. The average molecular weight is 435 g/mol.